The highest BCUT2D eigenvalue weighted by atomic mass is 16.5. The van der Waals surface area contributed by atoms with Crippen molar-refractivity contribution in [1.82, 2.24) is 5.32 Å². The molecule has 1 saturated carbocycles. The molecule has 3 nitrogen and oxygen atoms in total. The van der Waals surface area contributed by atoms with Crippen molar-refractivity contribution in [2.75, 3.05) is 13.1 Å². The van der Waals surface area contributed by atoms with E-state index in [9.17, 15) is 0 Å². The second-order valence-electron chi connectivity index (χ2n) is 4.66. The lowest BCUT2D eigenvalue weighted by Crippen LogP contribution is -2.73. The van der Waals surface area contributed by atoms with E-state index in [1.165, 1.54) is 0 Å². The van der Waals surface area contributed by atoms with Gasteiger partial charge in [0.25, 0.3) is 0 Å². The Bertz CT molecular complexity index is 216. The van der Waals surface area contributed by atoms with Gasteiger partial charge in [-0.25, -0.2) is 0 Å². The molecule has 3 heteroatoms. The van der Waals surface area contributed by atoms with E-state index in [4.69, 9.17) is 10.5 Å². The standard InChI is InChI=1S/C8H14N2O/c1-6-2-7(9,3-6)8(11-6)4-10-5-8/h10H,2-5,9H2,1H3. The Kier molecular flexibility index (Phi) is 0.795. The molecule has 4 fully saturated rings. The Morgan fingerprint density at radius 3 is 2.18 bits per heavy atom. The quantitative estimate of drug-likeness (QED) is 0.499. The molecule has 3 heterocycles. The first-order chi connectivity index (χ1) is 5.08. The summed E-state index contributed by atoms with van der Waals surface area (Å²) in [4.78, 5) is 0. The fourth-order valence-corrected chi connectivity index (χ4v) is 3.03. The third-order valence-electron chi connectivity index (χ3n) is 3.55. The molecule has 4 rings (SSSR count). The number of hydrogen-bond acceptors (Lipinski definition) is 3. The van der Waals surface area contributed by atoms with Gasteiger partial charge in [0.15, 0.2) is 0 Å². The van der Waals surface area contributed by atoms with E-state index >= 15 is 0 Å². The predicted octanol–water partition coefficient (Wildman–Crippen LogP) is -0.391. The van der Waals surface area contributed by atoms with Gasteiger partial charge in [0.1, 0.15) is 5.60 Å². The summed E-state index contributed by atoms with van der Waals surface area (Å²) in [5.74, 6) is 0. The summed E-state index contributed by atoms with van der Waals surface area (Å²) < 4.78 is 5.96. The highest BCUT2D eigenvalue weighted by Gasteiger charge is 2.73. The molecule has 1 spiro atoms. The number of nitrogens with one attached hydrogen (secondary N) is 1. The van der Waals surface area contributed by atoms with E-state index in [1.54, 1.807) is 0 Å². The van der Waals surface area contributed by atoms with Crippen LogP contribution in [0.5, 0.6) is 0 Å². The third kappa shape index (κ3) is 0.504. The SMILES string of the molecule is CC12CC(N)(C1)C1(CNC1)O2. The molecule has 3 saturated heterocycles. The zero-order valence-electron chi connectivity index (χ0n) is 6.81. The number of hydrogen-bond donors (Lipinski definition) is 2. The lowest BCUT2D eigenvalue weighted by molar-refractivity contribution is -0.0855. The van der Waals surface area contributed by atoms with Gasteiger partial charge in [-0.1, -0.05) is 0 Å². The molecule has 0 atom stereocenters. The molecule has 0 aromatic carbocycles. The first-order valence-electron chi connectivity index (χ1n) is 4.28. The van der Waals surface area contributed by atoms with Crippen molar-refractivity contribution >= 4 is 0 Å². The van der Waals surface area contributed by atoms with E-state index < -0.39 is 0 Å². The molecule has 4 aliphatic rings. The molecule has 0 aromatic heterocycles. The van der Waals surface area contributed by atoms with Crippen molar-refractivity contribution in [3.8, 4) is 0 Å². The van der Waals surface area contributed by atoms with Gasteiger partial charge in [-0.15, -0.1) is 0 Å². The first kappa shape index (κ1) is 6.40. The maximum atomic E-state index is 6.20. The molecule has 1 aliphatic carbocycles. The van der Waals surface area contributed by atoms with Crippen LogP contribution in [0.3, 0.4) is 0 Å². The molecular weight excluding hydrogens is 140 g/mol. The highest BCUT2D eigenvalue weighted by molar-refractivity contribution is 5.29. The lowest BCUT2D eigenvalue weighted by Gasteiger charge is -2.48. The average Bonchev–Trinajstić information content (AvgIpc) is 2.07. The van der Waals surface area contributed by atoms with Gasteiger partial charge in [-0.3, -0.25) is 0 Å². The summed E-state index contributed by atoms with van der Waals surface area (Å²) in [5.41, 5.74) is 6.35. The summed E-state index contributed by atoms with van der Waals surface area (Å²) in [6.45, 7) is 4.09. The molecule has 0 radical (unpaired) electrons. The number of nitrogens with two attached hydrogens (primary N) is 1. The highest BCUT2D eigenvalue weighted by Crippen LogP contribution is 2.60. The zero-order valence-corrected chi connectivity index (χ0v) is 6.81. The van der Waals surface area contributed by atoms with Crippen molar-refractivity contribution in [2.24, 2.45) is 5.73 Å². The molecule has 3 aliphatic heterocycles. The second kappa shape index (κ2) is 1.37. The first-order valence-corrected chi connectivity index (χ1v) is 4.28. The van der Waals surface area contributed by atoms with Gasteiger partial charge in [0.05, 0.1) is 11.1 Å². The number of rotatable bonds is 0. The monoisotopic (exact) mass is 154 g/mol. The van der Waals surface area contributed by atoms with E-state index in [0.29, 0.717) is 0 Å². The van der Waals surface area contributed by atoms with Gasteiger partial charge >= 0.3 is 0 Å². The van der Waals surface area contributed by atoms with Gasteiger partial charge in [-0.2, -0.15) is 0 Å². The average molecular weight is 154 g/mol. The fraction of sp³-hybridized carbons (Fsp3) is 1.00. The minimum absolute atomic E-state index is 0.00694. The zero-order chi connectivity index (χ0) is 7.74. The van der Waals surface area contributed by atoms with E-state index in [2.05, 4.69) is 12.2 Å². The summed E-state index contributed by atoms with van der Waals surface area (Å²) in [5, 5.41) is 3.24. The normalized spacial score (nSPS) is 57.3. The smallest absolute Gasteiger partial charge is 0.112 e. The van der Waals surface area contributed by atoms with Crippen molar-refractivity contribution in [3.63, 3.8) is 0 Å². The maximum absolute atomic E-state index is 6.20. The summed E-state index contributed by atoms with van der Waals surface area (Å²) in [7, 11) is 0. The van der Waals surface area contributed by atoms with Crippen LogP contribution in [0.2, 0.25) is 0 Å². The Labute approximate surface area is 66.3 Å². The van der Waals surface area contributed by atoms with Crippen LogP contribution in [0.25, 0.3) is 0 Å². The van der Waals surface area contributed by atoms with E-state index in [0.717, 1.165) is 25.9 Å². The Morgan fingerprint density at radius 1 is 1.36 bits per heavy atom. The van der Waals surface area contributed by atoms with Crippen LogP contribution in [0.15, 0.2) is 0 Å². The largest absolute Gasteiger partial charge is 0.364 e. The Balaban J connectivity index is 1.99. The summed E-state index contributed by atoms with van der Waals surface area (Å²) >= 11 is 0. The topological polar surface area (TPSA) is 47.3 Å². The van der Waals surface area contributed by atoms with Crippen LogP contribution in [-0.2, 0) is 4.74 Å². The Morgan fingerprint density at radius 2 is 2.00 bits per heavy atom. The molecular formula is C8H14N2O. The van der Waals surface area contributed by atoms with Gasteiger partial charge in [0.2, 0.25) is 0 Å². The molecule has 0 aromatic rings. The maximum Gasteiger partial charge on any atom is 0.112 e. The van der Waals surface area contributed by atoms with Crippen molar-refractivity contribution in [2.45, 2.75) is 36.5 Å². The summed E-state index contributed by atoms with van der Waals surface area (Å²) in [6, 6.07) is 0. The van der Waals surface area contributed by atoms with E-state index in [1.807, 2.05) is 0 Å². The van der Waals surface area contributed by atoms with Gasteiger partial charge in [-0.05, 0) is 19.8 Å². The van der Waals surface area contributed by atoms with Crippen LogP contribution in [-0.4, -0.2) is 29.8 Å². The van der Waals surface area contributed by atoms with Crippen molar-refractivity contribution < 1.29 is 4.74 Å². The minimum atomic E-state index is 0.00694. The van der Waals surface area contributed by atoms with Crippen LogP contribution in [0, 0.1) is 0 Å². The molecule has 0 unspecified atom stereocenters. The fourth-order valence-electron chi connectivity index (χ4n) is 3.03. The lowest BCUT2D eigenvalue weighted by atomic mass is 9.61. The molecule has 62 valence electrons. The van der Waals surface area contributed by atoms with Crippen molar-refractivity contribution in [1.29, 1.82) is 0 Å². The molecule has 3 N–H and O–H groups in total. The Hall–Kier alpha value is -0.120. The van der Waals surface area contributed by atoms with Crippen LogP contribution in [0.1, 0.15) is 19.8 Å². The van der Waals surface area contributed by atoms with Crippen molar-refractivity contribution in [3.05, 3.63) is 0 Å². The van der Waals surface area contributed by atoms with Crippen LogP contribution < -0.4 is 11.1 Å². The van der Waals surface area contributed by atoms with Gasteiger partial charge < -0.3 is 15.8 Å². The van der Waals surface area contributed by atoms with Gasteiger partial charge in [0, 0.05) is 13.1 Å². The molecule has 11 heavy (non-hydrogen) atoms. The third-order valence-corrected chi connectivity index (χ3v) is 3.55. The number of ether oxygens (including phenoxy) is 1. The van der Waals surface area contributed by atoms with Crippen LogP contribution in [0.4, 0.5) is 0 Å². The minimum Gasteiger partial charge on any atom is -0.364 e. The predicted molar refractivity (Wildman–Crippen MR) is 41.2 cm³/mol. The summed E-state index contributed by atoms with van der Waals surface area (Å²) in [6.07, 6.45) is 2.11. The molecule has 2 bridgehead atoms. The second-order valence-corrected chi connectivity index (χ2v) is 4.66. The van der Waals surface area contributed by atoms with E-state index in [-0.39, 0.29) is 16.7 Å². The molecule has 0 amide bonds. The van der Waals surface area contributed by atoms with Crippen LogP contribution >= 0.6 is 0 Å².